The molecule has 0 aromatic heterocycles. The number of benzene rings is 2. The zero-order chi connectivity index (χ0) is 44.0. The summed E-state index contributed by atoms with van der Waals surface area (Å²) in [5.41, 5.74) is 4.53. The van der Waals surface area contributed by atoms with Crippen LogP contribution in [0.2, 0.25) is 0 Å². The molecule has 2 aromatic carbocycles. The van der Waals surface area contributed by atoms with Crippen molar-refractivity contribution in [3.63, 3.8) is 0 Å². The minimum atomic E-state index is -0.379. The van der Waals surface area contributed by atoms with Gasteiger partial charge in [0, 0.05) is 17.7 Å². The summed E-state index contributed by atoms with van der Waals surface area (Å²) >= 11 is 0. The van der Waals surface area contributed by atoms with E-state index in [1.165, 1.54) is 109 Å². The van der Waals surface area contributed by atoms with Crippen molar-refractivity contribution in [1.82, 2.24) is 0 Å². The molecule has 0 fully saturated rings. The lowest BCUT2D eigenvalue weighted by Gasteiger charge is -2.29. The van der Waals surface area contributed by atoms with Crippen molar-refractivity contribution < 1.29 is 29.3 Å². The van der Waals surface area contributed by atoms with Crippen LogP contribution in [-0.2, 0) is 35.9 Å². The Hall–Kier alpha value is -2.86. The Kier molecular flexibility index (Phi) is 25.0. The first kappa shape index (κ1) is 54.1. The Morgan fingerprint density at radius 2 is 0.825 bits per heavy atom. The van der Waals surface area contributed by atoms with E-state index < -0.39 is 0 Å². The van der Waals surface area contributed by atoms with Crippen LogP contribution in [0.3, 0.4) is 0 Å². The van der Waals surface area contributed by atoms with Gasteiger partial charge in [0.05, 0.1) is 18.8 Å². The first-order valence-electron chi connectivity index (χ1n) is 22.2. The first-order chi connectivity index (χ1) is 26.5. The van der Waals surface area contributed by atoms with Crippen LogP contribution < -0.4 is 0 Å². The van der Waals surface area contributed by atoms with E-state index in [1.807, 2.05) is 48.3 Å². The highest BCUT2D eigenvalue weighted by molar-refractivity contribution is 5.90. The van der Waals surface area contributed by atoms with E-state index in [-0.39, 0.29) is 39.5 Å². The fraction of sp³-hybridized carbons (Fsp3) is 0.725. The van der Waals surface area contributed by atoms with E-state index in [2.05, 4.69) is 67.5 Å². The molecule has 6 heteroatoms. The largest absolute Gasteiger partial charge is 0.507 e. The maximum absolute atomic E-state index is 11.8. The second-order valence-corrected chi connectivity index (χ2v) is 20.2. The molecule has 2 rings (SSSR count). The number of phenolic OH excluding ortho intramolecular Hbond substituents is 2. The maximum atomic E-state index is 11.8. The molecule has 1 unspecified atom stereocenters. The molecule has 0 spiro atoms. The normalized spacial score (nSPS) is 12.6. The molecule has 0 aliphatic heterocycles. The molecule has 57 heavy (non-hydrogen) atoms. The predicted octanol–water partition coefficient (Wildman–Crippen LogP) is 14.9. The minimum Gasteiger partial charge on any atom is -0.507 e. The van der Waals surface area contributed by atoms with Crippen molar-refractivity contribution in [2.24, 2.45) is 0 Å². The lowest BCUT2D eigenvalue weighted by atomic mass is 9.78. The summed E-state index contributed by atoms with van der Waals surface area (Å²) in [4.78, 5) is 19.8. The number of hydrogen-bond donors (Lipinski definition) is 2. The molecule has 2 aromatic rings. The highest BCUT2D eigenvalue weighted by Gasteiger charge is 2.29. The van der Waals surface area contributed by atoms with E-state index in [1.54, 1.807) is 12.1 Å². The summed E-state index contributed by atoms with van der Waals surface area (Å²) in [6.07, 6.45) is 22.3. The molecule has 2 N–H and O–H groups in total. The van der Waals surface area contributed by atoms with Crippen LogP contribution in [0.15, 0.2) is 24.3 Å². The third kappa shape index (κ3) is 20.6. The molecule has 0 aliphatic carbocycles. The first-order valence-corrected chi connectivity index (χ1v) is 22.2. The van der Waals surface area contributed by atoms with Gasteiger partial charge in [-0.15, -0.1) is 0 Å². The van der Waals surface area contributed by atoms with Crippen LogP contribution in [0.25, 0.3) is 0 Å². The van der Waals surface area contributed by atoms with E-state index in [9.17, 15) is 15.0 Å². The van der Waals surface area contributed by atoms with Gasteiger partial charge < -0.3 is 24.5 Å². The zero-order valence-electron chi connectivity index (χ0n) is 39.6. The van der Waals surface area contributed by atoms with E-state index in [4.69, 9.17) is 14.3 Å². The number of esters is 1. The van der Waals surface area contributed by atoms with Crippen molar-refractivity contribution in [1.29, 1.82) is 0 Å². The third-order valence-electron chi connectivity index (χ3n) is 10.7. The summed E-state index contributed by atoms with van der Waals surface area (Å²) in [5.74, 6) is 0.340. The number of rotatable bonds is 20. The number of carbonyl (C=O) groups excluding carboxylic acids is 2. The van der Waals surface area contributed by atoms with Gasteiger partial charge in [0.15, 0.2) is 0 Å². The van der Waals surface area contributed by atoms with Gasteiger partial charge in [0.1, 0.15) is 18.3 Å². The van der Waals surface area contributed by atoms with Gasteiger partial charge in [-0.2, -0.15) is 0 Å². The molecular weight excluding hydrogens is 709 g/mol. The summed E-state index contributed by atoms with van der Waals surface area (Å²) in [5, 5.41) is 21.4. The van der Waals surface area contributed by atoms with Gasteiger partial charge in [-0.25, -0.2) is 4.79 Å². The van der Waals surface area contributed by atoms with Crippen LogP contribution in [0.4, 0.5) is 0 Å². The lowest BCUT2D eigenvalue weighted by molar-refractivity contribution is -0.0980. The second-order valence-electron chi connectivity index (χ2n) is 20.2. The maximum Gasteiger partial charge on any atom is 0.337 e. The fourth-order valence-corrected chi connectivity index (χ4v) is 7.06. The topological polar surface area (TPSA) is 93.1 Å². The molecule has 1 atom stereocenters. The number of phenols is 2. The molecule has 0 amide bonds. The Morgan fingerprint density at radius 1 is 0.544 bits per heavy atom. The summed E-state index contributed by atoms with van der Waals surface area (Å²) in [7, 11) is 1.36. The third-order valence-corrected chi connectivity index (χ3v) is 10.7. The molecule has 0 saturated heterocycles. The lowest BCUT2D eigenvalue weighted by Crippen LogP contribution is -2.19. The molecular formula is C51H88O6. The Balaban J connectivity index is 0.00000125. The van der Waals surface area contributed by atoms with Crippen molar-refractivity contribution in [3.8, 4) is 11.5 Å². The molecule has 0 aliphatic rings. The van der Waals surface area contributed by atoms with Gasteiger partial charge in [-0.3, -0.25) is 0 Å². The molecule has 328 valence electrons. The molecule has 0 heterocycles. The smallest absolute Gasteiger partial charge is 0.337 e. The quantitative estimate of drug-likeness (QED) is 0.102. The van der Waals surface area contributed by atoms with Crippen LogP contribution in [0.1, 0.15) is 244 Å². The van der Waals surface area contributed by atoms with Crippen molar-refractivity contribution >= 4 is 12.8 Å². The monoisotopic (exact) mass is 797 g/mol. The van der Waals surface area contributed by atoms with Crippen LogP contribution in [0, 0.1) is 0 Å². The number of aromatic hydroxyl groups is 2. The standard InChI is InChI=1S/C34H62O2.C16H24O3.CH2O/c1-9-10-11-12-13-14-15-16-17-18-19-20-21-22-23-24-25-36-28(2)29-26-30(33(3,4)5)32(35)31(27-29)34(6,7)8;1-15(2,3)11-8-10(14(18)19-7)9-12(13(11)17)16(4,5)6;1-2/h26-28,35H,9-25H2,1-8H3;8-9,17H,1-7H3;1H2. The average Bonchev–Trinajstić information content (AvgIpc) is 3.11. The predicted molar refractivity (Wildman–Crippen MR) is 243 cm³/mol. The number of unbranched alkanes of at least 4 members (excludes halogenated alkanes) is 15. The molecule has 6 nitrogen and oxygen atoms in total. The molecule has 0 saturated carbocycles. The highest BCUT2D eigenvalue weighted by Crippen LogP contribution is 2.42. The molecule has 0 radical (unpaired) electrons. The number of carbonyl (C=O) groups is 2. The Morgan fingerprint density at radius 3 is 1.11 bits per heavy atom. The summed E-state index contributed by atoms with van der Waals surface area (Å²) in [6, 6.07) is 7.75. The summed E-state index contributed by atoms with van der Waals surface area (Å²) in [6.45, 7) is 32.3. The van der Waals surface area contributed by atoms with E-state index in [0.29, 0.717) is 11.3 Å². The highest BCUT2D eigenvalue weighted by atomic mass is 16.5. The van der Waals surface area contributed by atoms with Crippen molar-refractivity contribution in [3.05, 3.63) is 57.6 Å². The van der Waals surface area contributed by atoms with Crippen LogP contribution >= 0.6 is 0 Å². The number of methoxy groups -OCH3 is 1. The van der Waals surface area contributed by atoms with Crippen molar-refractivity contribution in [2.45, 2.75) is 227 Å². The Labute approximate surface area is 351 Å². The average molecular weight is 797 g/mol. The SMILES string of the molecule is C=O.CCCCCCCCCCCCCCCCCCOC(C)c1cc(C(C)(C)C)c(O)c(C(C)(C)C)c1.COC(=O)c1cc(C(C)(C)C)c(O)c(C(C)(C)C)c1. The zero-order valence-corrected chi connectivity index (χ0v) is 39.6. The molecule has 0 bridgehead atoms. The van der Waals surface area contributed by atoms with Gasteiger partial charge in [-0.1, -0.05) is 186 Å². The van der Waals surface area contributed by atoms with Gasteiger partial charge in [-0.05, 0) is 76.0 Å². The minimum absolute atomic E-state index is 0.0455. The van der Waals surface area contributed by atoms with Gasteiger partial charge in [0.25, 0.3) is 0 Å². The fourth-order valence-electron chi connectivity index (χ4n) is 7.06. The number of ether oxygens (including phenoxy) is 2. The van der Waals surface area contributed by atoms with E-state index >= 15 is 0 Å². The number of hydrogen-bond acceptors (Lipinski definition) is 6. The Bertz CT molecular complexity index is 1340. The second kappa shape index (κ2) is 26.3. The van der Waals surface area contributed by atoms with Crippen molar-refractivity contribution in [2.75, 3.05) is 13.7 Å². The van der Waals surface area contributed by atoms with E-state index in [0.717, 1.165) is 35.3 Å². The van der Waals surface area contributed by atoms with Gasteiger partial charge in [0.2, 0.25) is 0 Å². The van der Waals surface area contributed by atoms with Crippen LogP contribution in [0.5, 0.6) is 11.5 Å². The van der Waals surface area contributed by atoms with Gasteiger partial charge >= 0.3 is 5.97 Å². The van der Waals surface area contributed by atoms with Crippen LogP contribution in [-0.4, -0.2) is 36.7 Å². The summed E-state index contributed by atoms with van der Waals surface area (Å²) < 4.78 is 11.0.